The van der Waals surface area contributed by atoms with Crippen molar-refractivity contribution in [3.63, 3.8) is 0 Å². The second-order valence-corrected chi connectivity index (χ2v) is 6.32. The molecule has 0 atom stereocenters. The van der Waals surface area contributed by atoms with E-state index in [1.54, 1.807) is 7.11 Å². The normalized spacial score (nSPS) is 21.3. The summed E-state index contributed by atoms with van der Waals surface area (Å²) in [6.07, 6.45) is 3.46. The number of rotatable bonds is 5. The summed E-state index contributed by atoms with van der Waals surface area (Å²) in [5.74, 6) is 0.0793. The Morgan fingerprint density at radius 3 is 2.52 bits per heavy atom. The summed E-state index contributed by atoms with van der Waals surface area (Å²) in [5.41, 5.74) is 1.25. The summed E-state index contributed by atoms with van der Waals surface area (Å²) in [7, 11) is 1.68. The van der Waals surface area contributed by atoms with Crippen molar-refractivity contribution in [2.75, 3.05) is 7.11 Å². The molecule has 0 saturated heterocycles. The number of hydrogen-bond donors (Lipinski definition) is 2. The van der Waals surface area contributed by atoms with Crippen LogP contribution >= 0.6 is 0 Å². The Labute approximate surface area is 136 Å². The lowest BCUT2D eigenvalue weighted by molar-refractivity contribution is -0.142. The number of nitrogens with one attached hydrogen (secondary N) is 1. The average Bonchev–Trinajstić information content (AvgIpc) is 2.59. The Kier molecular flexibility index (Phi) is 4.82. The van der Waals surface area contributed by atoms with Crippen LogP contribution in [0.5, 0.6) is 5.75 Å². The molecular formula is C19H23NO3. The van der Waals surface area contributed by atoms with Gasteiger partial charge in [0.25, 0.3) is 0 Å². The van der Waals surface area contributed by atoms with E-state index >= 15 is 0 Å². The zero-order chi connectivity index (χ0) is 16.2. The number of fused-ring (bicyclic) bond motifs is 1. The molecule has 1 saturated carbocycles. The smallest absolute Gasteiger partial charge is 0.306 e. The van der Waals surface area contributed by atoms with Gasteiger partial charge in [0, 0.05) is 12.6 Å². The average molecular weight is 313 g/mol. The first-order valence-corrected chi connectivity index (χ1v) is 8.18. The van der Waals surface area contributed by atoms with E-state index in [0.29, 0.717) is 6.04 Å². The van der Waals surface area contributed by atoms with Gasteiger partial charge in [-0.05, 0) is 60.2 Å². The van der Waals surface area contributed by atoms with Gasteiger partial charge in [0.05, 0.1) is 13.0 Å². The third-order valence-electron chi connectivity index (χ3n) is 4.78. The van der Waals surface area contributed by atoms with Crippen molar-refractivity contribution in [3.05, 3.63) is 42.0 Å². The van der Waals surface area contributed by atoms with Gasteiger partial charge >= 0.3 is 5.97 Å². The van der Waals surface area contributed by atoms with Gasteiger partial charge in [-0.2, -0.15) is 0 Å². The van der Waals surface area contributed by atoms with Crippen LogP contribution in [0.2, 0.25) is 0 Å². The number of ether oxygens (including phenoxy) is 1. The number of carboxylic acids is 1. The molecule has 4 heteroatoms. The molecule has 0 amide bonds. The Hall–Kier alpha value is -2.07. The van der Waals surface area contributed by atoms with E-state index in [2.05, 4.69) is 29.6 Å². The van der Waals surface area contributed by atoms with E-state index in [1.807, 2.05) is 12.1 Å². The molecule has 2 aromatic rings. The van der Waals surface area contributed by atoms with E-state index in [-0.39, 0.29) is 5.92 Å². The minimum atomic E-state index is -0.645. The lowest BCUT2D eigenvalue weighted by Crippen LogP contribution is -2.34. The van der Waals surface area contributed by atoms with Crippen LogP contribution in [0.1, 0.15) is 31.2 Å². The highest BCUT2D eigenvalue weighted by Crippen LogP contribution is 2.25. The molecule has 0 aliphatic heterocycles. The Morgan fingerprint density at radius 2 is 1.83 bits per heavy atom. The number of aliphatic carboxylic acids is 1. The van der Waals surface area contributed by atoms with Gasteiger partial charge in [-0.1, -0.05) is 18.2 Å². The number of methoxy groups -OCH3 is 1. The molecule has 3 rings (SSSR count). The monoisotopic (exact) mass is 313 g/mol. The Bertz CT molecular complexity index is 690. The molecule has 0 aromatic heterocycles. The summed E-state index contributed by atoms with van der Waals surface area (Å²) in [6, 6.07) is 13.0. The van der Waals surface area contributed by atoms with Crippen molar-refractivity contribution in [2.24, 2.45) is 5.92 Å². The maximum atomic E-state index is 11.0. The predicted molar refractivity (Wildman–Crippen MR) is 90.7 cm³/mol. The van der Waals surface area contributed by atoms with Crippen molar-refractivity contribution in [3.8, 4) is 5.75 Å². The number of carboxylic acid groups (broad SMARTS) is 1. The van der Waals surface area contributed by atoms with Crippen molar-refractivity contribution >= 4 is 16.7 Å². The van der Waals surface area contributed by atoms with Crippen LogP contribution in [0, 0.1) is 5.92 Å². The van der Waals surface area contributed by atoms with Gasteiger partial charge in [-0.25, -0.2) is 0 Å². The quantitative estimate of drug-likeness (QED) is 0.886. The summed E-state index contributed by atoms with van der Waals surface area (Å²) in [4.78, 5) is 11.0. The standard InChI is InChI=1S/C19H23NO3/c1-23-18-9-6-15-10-13(2-3-16(15)11-18)12-20-17-7-4-14(5-8-17)19(21)22/h2-3,6,9-11,14,17,20H,4-5,7-8,12H2,1H3,(H,21,22). The second kappa shape index (κ2) is 7.01. The van der Waals surface area contributed by atoms with Crippen LogP contribution in [0.25, 0.3) is 10.8 Å². The predicted octanol–water partition coefficient (Wildman–Crippen LogP) is 3.58. The zero-order valence-corrected chi connectivity index (χ0v) is 13.4. The van der Waals surface area contributed by atoms with Crippen LogP contribution in [0.3, 0.4) is 0 Å². The zero-order valence-electron chi connectivity index (χ0n) is 13.4. The lowest BCUT2D eigenvalue weighted by Gasteiger charge is -2.27. The molecular weight excluding hydrogens is 290 g/mol. The van der Waals surface area contributed by atoms with Crippen molar-refractivity contribution in [1.29, 1.82) is 0 Å². The molecule has 1 aliphatic carbocycles. The van der Waals surface area contributed by atoms with E-state index in [0.717, 1.165) is 38.0 Å². The fraction of sp³-hybridized carbons (Fsp3) is 0.421. The minimum Gasteiger partial charge on any atom is -0.497 e. The Morgan fingerprint density at radius 1 is 1.13 bits per heavy atom. The third kappa shape index (κ3) is 3.82. The first-order valence-electron chi connectivity index (χ1n) is 8.18. The summed E-state index contributed by atoms with van der Waals surface area (Å²) < 4.78 is 5.25. The van der Waals surface area contributed by atoms with Crippen molar-refractivity contribution < 1.29 is 14.6 Å². The summed E-state index contributed by atoms with van der Waals surface area (Å²) >= 11 is 0. The highest BCUT2D eigenvalue weighted by atomic mass is 16.5. The minimum absolute atomic E-state index is 0.149. The molecule has 1 fully saturated rings. The topological polar surface area (TPSA) is 58.6 Å². The van der Waals surface area contributed by atoms with Gasteiger partial charge in [0.15, 0.2) is 0 Å². The fourth-order valence-corrected chi connectivity index (χ4v) is 3.32. The number of benzene rings is 2. The molecule has 1 aliphatic rings. The van der Waals surface area contributed by atoms with Gasteiger partial charge in [0.2, 0.25) is 0 Å². The molecule has 2 aromatic carbocycles. The number of hydrogen-bond acceptors (Lipinski definition) is 3. The van der Waals surface area contributed by atoms with Gasteiger partial charge in [-0.15, -0.1) is 0 Å². The van der Waals surface area contributed by atoms with Gasteiger partial charge < -0.3 is 15.2 Å². The van der Waals surface area contributed by atoms with Gasteiger partial charge in [-0.3, -0.25) is 4.79 Å². The largest absolute Gasteiger partial charge is 0.497 e. The molecule has 122 valence electrons. The SMILES string of the molecule is COc1ccc2cc(CNC3CCC(C(=O)O)CC3)ccc2c1. The molecule has 23 heavy (non-hydrogen) atoms. The second-order valence-electron chi connectivity index (χ2n) is 6.32. The van der Waals surface area contributed by atoms with E-state index in [1.165, 1.54) is 16.3 Å². The highest BCUT2D eigenvalue weighted by molar-refractivity contribution is 5.84. The first kappa shape index (κ1) is 15.8. The van der Waals surface area contributed by atoms with Crippen LogP contribution in [0.15, 0.2) is 36.4 Å². The van der Waals surface area contributed by atoms with Gasteiger partial charge in [0.1, 0.15) is 5.75 Å². The van der Waals surface area contributed by atoms with Crippen molar-refractivity contribution in [1.82, 2.24) is 5.32 Å². The maximum absolute atomic E-state index is 11.0. The van der Waals surface area contributed by atoms with Crippen LogP contribution < -0.4 is 10.1 Å². The molecule has 0 spiro atoms. The Balaban J connectivity index is 1.58. The first-order chi connectivity index (χ1) is 11.2. The maximum Gasteiger partial charge on any atom is 0.306 e. The van der Waals surface area contributed by atoms with Crippen molar-refractivity contribution in [2.45, 2.75) is 38.3 Å². The molecule has 0 heterocycles. The molecule has 4 nitrogen and oxygen atoms in total. The summed E-state index contributed by atoms with van der Waals surface area (Å²) in [6.45, 7) is 0.824. The molecule has 0 unspecified atom stereocenters. The third-order valence-corrected chi connectivity index (χ3v) is 4.78. The molecule has 0 bridgehead atoms. The lowest BCUT2D eigenvalue weighted by atomic mass is 9.86. The van der Waals surface area contributed by atoms with Crippen LogP contribution in [-0.4, -0.2) is 24.2 Å². The van der Waals surface area contributed by atoms with Crippen LogP contribution in [0.4, 0.5) is 0 Å². The van der Waals surface area contributed by atoms with E-state index in [4.69, 9.17) is 9.84 Å². The number of carbonyl (C=O) groups is 1. The van der Waals surface area contributed by atoms with E-state index in [9.17, 15) is 4.79 Å². The molecule has 2 N–H and O–H groups in total. The fourth-order valence-electron chi connectivity index (χ4n) is 3.32. The van der Waals surface area contributed by atoms with Crippen LogP contribution in [-0.2, 0) is 11.3 Å². The van der Waals surface area contributed by atoms with E-state index < -0.39 is 5.97 Å². The highest BCUT2D eigenvalue weighted by Gasteiger charge is 2.25. The molecule has 0 radical (unpaired) electrons. The summed E-state index contributed by atoms with van der Waals surface area (Å²) in [5, 5.41) is 15.0.